The van der Waals surface area contributed by atoms with E-state index in [4.69, 9.17) is 47.7 Å². The third-order valence-corrected chi connectivity index (χ3v) is 16.2. The van der Waals surface area contributed by atoms with Gasteiger partial charge >= 0.3 is 23.9 Å². The van der Waals surface area contributed by atoms with Crippen molar-refractivity contribution in [2.75, 3.05) is 104 Å². The molecule has 4 aromatic carbocycles. The lowest BCUT2D eigenvalue weighted by Gasteiger charge is -2.52. The van der Waals surface area contributed by atoms with Crippen molar-refractivity contribution in [1.82, 2.24) is 9.80 Å². The van der Waals surface area contributed by atoms with Crippen LogP contribution in [-0.4, -0.2) is 174 Å². The average Bonchev–Trinajstić information content (AvgIpc) is 3.53. The van der Waals surface area contributed by atoms with Crippen molar-refractivity contribution >= 4 is 35.3 Å². The molecule has 80 heavy (non-hydrogen) atoms. The monoisotopic (exact) mass is 1110 g/mol. The van der Waals surface area contributed by atoms with E-state index >= 15 is 0 Å². The number of benzene rings is 4. The number of rotatable bonds is 14. The number of piperidine rings is 2. The smallest absolute Gasteiger partial charge is 0.341 e. The van der Waals surface area contributed by atoms with Gasteiger partial charge in [0.05, 0.1) is 64.0 Å². The molecule has 4 aromatic rings. The van der Waals surface area contributed by atoms with Crippen LogP contribution in [0.1, 0.15) is 128 Å². The second kappa shape index (κ2) is 26.3. The molecule has 6 fully saturated rings. The van der Waals surface area contributed by atoms with E-state index in [9.17, 15) is 19.2 Å². The molecule has 18 heteroatoms. The molecule has 2 saturated carbocycles. The number of hydrogen-bond acceptors (Lipinski definition) is 17. The summed E-state index contributed by atoms with van der Waals surface area (Å²) in [5, 5.41) is 9.13. The Kier molecular flexibility index (Phi) is 20.1. The van der Waals surface area contributed by atoms with Crippen molar-refractivity contribution < 1.29 is 66.9 Å². The Hall–Kier alpha value is -6.60. The first kappa shape index (κ1) is 61.0. The largest absolute Gasteiger partial charge is 0.496 e. The summed E-state index contributed by atoms with van der Waals surface area (Å²) in [6, 6.07) is 26.2. The second-order valence-corrected chi connectivity index (χ2v) is 22.3. The number of methoxy groups -OCH3 is 4. The number of carbonyl (C=O) groups excluding carboxylic acids is 3. The van der Waals surface area contributed by atoms with E-state index in [1.807, 2.05) is 57.2 Å². The fraction of sp³-hybridized carbons (Fsp3) is 0.548. The van der Waals surface area contributed by atoms with E-state index in [0.717, 1.165) is 128 Å². The van der Waals surface area contributed by atoms with Gasteiger partial charge in [0.2, 0.25) is 0 Å². The molecule has 0 radical (unpaired) electrons. The zero-order chi connectivity index (χ0) is 55.2. The maximum Gasteiger partial charge on any atom is 0.341 e. The fourth-order valence-corrected chi connectivity index (χ4v) is 11.6. The van der Waals surface area contributed by atoms with Crippen LogP contribution < -0.4 is 28.7 Å². The molecule has 6 aliphatic rings. The lowest BCUT2D eigenvalue weighted by molar-refractivity contribution is -0.143. The summed E-state index contributed by atoms with van der Waals surface area (Å²) in [4.78, 5) is 57.1. The SMILES string of the molecule is C.C.COC(=O)c1ccc(OC2CC(N3CCOC4(CCN(c5ccc(C(=O)O)cc5)CC4)C3)C2)cc1OC.COC(=O)c1ccc(OC2CC(N3CCOC4(CCN(c5ccc(C(=O)OC(C)(C)C)cc5)CC4)C3)C2)cc1OC. The number of esters is 3. The molecule has 436 valence electrons. The second-order valence-electron chi connectivity index (χ2n) is 22.3. The van der Waals surface area contributed by atoms with Crippen molar-refractivity contribution in [3.63, 3.8) is 0 Å². The number of nitrogens with zero attached hydrogens (tertiary/aromatic N) is 4. The fourth-order valence-electron chi connectivity index (χ4n) is 11.6. The molecule has 0 aromatic heterocycles. The molecule has 4 aliphatic heterocycles. The van der Waals surface area contributed by atoms with Crippen LogP contribution >= 0.6 is 0 Å². The Labute approximate surface area is 472 Å². The van der Waals surface area contributed by atoms with Gasteiger partial charge in [0.1, 0.15) is 51.9 Å². The quantitative estimate of drug-likeness (QED) is 0.0929. The minimum Gasteiger partial charge on any atom is -0.496 e. The summed E-state index contributed by atoms with van der Waals surface area (Å²) in [5.74, 6) is 0.218. The van der Waals surface area contributed by atoms with Crippen molar-refractivity contribution in [3.05, 3.63) is 107 Å². The van der Waals surface area contributed by atoms with E-state index in [-0.39, 0.29) is 44.2 Å². The number of morpholine rings is 2. The van der Waals surface area contributed by atoms with Crippen molar-refractivity contribution in [2.24, 2.45) is 0 Å². The van der Waals surface area contributed by atoms with Crippen LogP contribution in [0.3, 0.4) is 0 Å². The van der Waals surface area contributed by atoms with Crippen LogP contribution in [0.15, 0.2) is 84.9 Å². The van der Waals surface area contributed by atoms with Crippen molar-refractivity contribution in [2.45, 2.75) is 128 Å². The van der Waals surface area contributed by atoms with Crippen LogP contribution in [0.4, 0.5) is 11.4 Å². The van der Waals surface area contributed by atoms with Crippen LogP contribution in [0.25, 0.3) is 0 Å². The highest BCUT2D eigenvalue weighted by Gasteiger charge is 2.46. The highest BCUT2D eigenvalue weighted by atomic mass is 16.6. The van der Waals surface area contributed by atoms with E-state index in [2.05, 4.69) is 19.6 Å². The summed E-state index contributed by atoms with van der Waals surface area (Å²) in [6.45, 7) is 14.5. The van der Waals surface area contributed by atoms with Crippen molar-refractivity contribution in [1.29, 1.82) is 0 Å². The number of anilines is 2. The molecule has 4 heterocycles. The van der Waals surface area contributed by atoms with Gasteiger partial charge in [0.15, 0.2) is 0 Å². The predicted molar refractivity (Wildman–Crippen MR) is 305 cm³/mol. The van der Waals surface area contributed by atoms with Crippen LogP contribution in [-0.2, 0) is 23.7 Å². The van der Waals surface area contributed by atoms with E-state index in [0.29, 0.717) is 57.3 Å². The lowest BCUT2D eigenvalue weighted by atomic mass is 9.83. The normalized spacial score (nSPS) is 22.3. The number of carboxylic acids is 1. The van der Waals surface area contributed by atoms with E-state index in [1.54, 1.807) is 48.5 Å². The third-order valence-electron chi connectivity index (χ3n) is 16.2. The topological polar surface area (TPSA) is 185 Å². The Morgan fingerprint density at radius 1 is 0.537 bits per heavy atom. The Morgan fingerprint density at radius 2 is 0.925 bits per heavy atom. The van der Waals surface area contributed by atoms with E-state index in [1.165, 1.54) is 28.4 Å². The molecular weight excluding hydrogens is 1020 g/mol. The van der Waals surface area contributed by atoms with Gasteiger partial charge in [-0.05, 0) is 119 Å². The molecule has 2 spiro atoms. The number of aromatic carboxylic acids is 1. The zero-order valence-corrected chi connectivity index (χ0v) is 46.2. The molecular formula is C62H84N4O14. The Morgan fingerprint density at radius 3 is 1.27 bits per heavy atom. The average molecular weight is 1110 g/mol. The highest BCUT2D eigenvalue weighted by molar-refractivity contribution is 5.93. The Bertz CT molecular complexity index is 2720. The van der Waals surface area contributed by atoms with Gasteiger partial charge < -0.3 is 57.5 Å². The molecule has 0 atom stereocenters. The molecule has 0 amide bonds. The van der Waals surface area contributed by atoms with Gasteiger partial charge in [-0.3, -0.25) is 9.80 Å². The maximum atomic E-state index is 12.4. The number of hydrogen-bond donors (Lipinski definition) is 1. The number of carboxylic acid groups (broad SMARTS) is 1. The molecule has 0 bridgehead atoms. The van der Waals surface area contributed by atoms with Gasteiger partial charge in [-0.1, -0.05) is 14.9 Å². The summed E-state index contributed by atoms with van der Waals surface area (Å²) in [5.41, 5.74) is 3.07. The third kappa shape index (κ3) is 14.5. The first-order valence-corrected chi connectivity index (χ1v) is 27.3. The summed E-state index contributed by atoms with van der Waals surface area (Å²) < 4.78 is 51.0. The number of ether oxygens (including phenoxy) is 9. The molecule has 2 aliphatic carbocycles. The van der Waals surface area contributed by atoms with Crippen LogP contribution in [0.2, 0.25) is 0 Å². The van der Waals surface area contributed by atoms with Crippen LogP contribution in [0, 0.1) is 0 Å². The summed E-state index contributed by atoms with van der Waals surface area (Å²) in [7, 11) is 5.76. The molecule has 1 N–H and O–H groups in total. The number of carbonyl (C=O) groups is 4. The van der Waals surface area contributed by atoms with E-state index < -0.39 is 23.5 Å². The lowest BCUT2D eigenvalue weighted by Crippen LogP contribution is -2.61. The standard InChI is InChI=1S/C32H42N2O7.C28H34N2O7.2CH4/c1-31(2,3)41-29(35)22-6-8-23(9-7-22)33-14-12-32(13-15-33)21-34(16-17-39-32)24-18-26(19-24)40-25-10-11-27(30(36)38-5)28(20-25)37-4;1-34-25-17-22(7-8-24(25)27(33)35-2)37-23-15-21(16-23)30-13-14-36-28(18-30)9-11-29(12-10-28)20-5-3-19(4-6-20)26(31)32;;/h6-11,20,24,26H,12-19,21H2,1-5H3;3-8,17,21,23H,9-16,18H2,1-2H3,(H,31,32);2*1H4. The molecule has 4 saturated heterocycles. The highest BCUT2D eigenvalue weighted by Crippen LogP contribution is 2.40. The van der Waals surface area contributed by atoms with Gasteiger partial charge in [-0.2, -0.15) is 0 Å². The maximum absolute atomic E-state index is 12.4. The van der Waals surface area contributed by atoms with Crippen molar-refractivity contribution in [3.8, 4) is 23.0 Å². The van der Waals surface area contributed by atoms with Crippen LogP contribution in [0.5, 0.6) is 23.0 Å². The minimum atomic E-state index is -0.903. The summed E-state index contributed by atoms with van der Waals surface area (Å²) >= 11 is 0. The molecule has 10 rings (SSSR count). The first-order valence-electron chi connectivity index (χ1n) is 27.3. The zero-order valence-electron chi connectivity index (χ0n) is 46.2. The summed E-state index contributed by atoms with van der Waals surface area (Å²) in [6.07, 6.45) is 7.95. The molecule has 0 unspecified atom stereocenters. The van der Waals surface area contributed by atoms with Gasteiger partial charge in [-0.25, -0.2) is 19.2 Å². The van der Waals surface area contributed by atoms with Gasteiger partial charge in [0.25, 0.3) is 0 Å². The first-order chi connectivity index (χ1) is 37.5. The Balaban J connectivity index is 0.000000227. The minimum absolute atomic E-state index is 0. The van der Waals surface area contributed by atoms with Gasteiger partial charge in [0, 0.05) is 114 Å². The predicted octanol–water partition coefficient (Wildman–Crippen LogP) is 9.45. The van der Waals surface area contributed by atoms with Gasteiger partial charge in [-0.15, -0.1) is 0 Å². The molecule has 18 nitrogen and oxygen atoms in total.